The normalized spacial score (nSPS) is 19.7. The number of amides is 1. The number of Topliss-reactive ketones (excluding diaryl/α,β-unsaturated/α-hetero) is 1. The van der Waals surface area contributed by atoms with Crippen LogP contribution >= 0.6 is 0 Å². The number of aliphatic hydroxyl groups is 1. The van der Waals surface area contributed by atoms with Gasteiger partial charge in [-0.05, 0) is 25.5 Å². The average Bonchev–Trinajstić information content (AvgIpc) is 2.71. The molecular formula is C18H17NO3. The Morgan fingerprint density at radius 3 is 2.64 bits per heavy atom. The molecule has 3 rings (SSSR count). The molecule has 2 aromatic carbocycles. The molecule has 0 saturated heterocycles. The van der Waals surface area contributed by atoms with Crippen molar-refractivity contribution in [3.8, 4) is 0 Å². The molecule has 0 unspecified atom stereocenters. The zero-order valence-corrected chi connectivity index (χ0v) is 12.5. The quantitative estimate of drug-likeness (QED) is 0.856. The first-order chi connectivity index (χ1) is 10.4. The van der Waals surface area contributed by atoms with Gasteiger partial charge in [-0.15, -0.1) is 0 Å². The summed E-state index contributed by atoms with van der Waals surface area (Å²) < 4.78 is 0. The van der Waals surface area contributed by atoms with E-state index < -0.39 is 11.5 Å². The lowest BCUT2D eigenvalue weighted by Gasteiger charge is -2.20. The Morgan fingerprint density at radius 1 is 1.18 bits per heavy atom. The summed E-state index contributed by atoms with van der Waals surface area (Å²) in [5.41, 5.74) is 1.52. The predicted molar refractivity (Wildman–Crippen MR) is 83.8 cm³/mol. The van der Waals surface area contributed by atoms with E-state index in [1.165, 1.54) is 0 Å². The third-order valence-corrected chi connectivity index (χ3v) is 4.11. The highest BCUT2D eigenvalue weighted by molar-refractivity contribution is 6.09. The van der Waals surface area contributed by atoms with E-state index in [-0.39, 0.29) is 12.2 Å². The number of ketones is 1. The topological polar surface area (TPSA) is 66.4 Å². The Balaban J connectivity index is 1.98. The van der Waals surface area contributed by atoms with Crippen LogP contribution in [-0.2, 0) is 10.4 Å². The number of carbonyl (C=O) groups excluding carboxylic acids is 2. The molecule has 0 bridgehead atoms. The monoisotopic (exact) mass is 295 g/mol. The average molecular weight is 295 g/mol. The van der Waals surface area contributed by atoms with Crippen molar-refractivity contribution in [1.82, 2.24) is 0 Å². The summed E-state index contributed by atoms with van der Waals surface area (Å²) in [6, 6.07) is 12.5. The highest BCUT2D eigenvalue weighted by atomic mass is 16.3. The van der Waals surface area contributed by atoms with Gasteiger partial charge in [-0.3, -0.25) is 9.59 Å². The van der Waals surface area contributed by atoms with Gasteiger partial charge >= 0.3 is 0 Å². The Kier molecular flexibility index (Phi) is 3.34. The van der Waals surface area contributed by atoms with Gasteiger partial charge < -0.3 is 10.4 Å². The first-order valence-electron chi connectivity index (χ1n) is 7.15. The summed E-state index contributed by atoms with van der Waals surface area (Å²) in [5.74, 6) is -0.792. The largest absolute Gasteiger partial charge is 0.375 e. The number of carbonyl (C=O) groups is 2. The molecule has 1 heterocycles. The first kappa shape index (κ1) is 14.5. The van der Waals surface area contributed by atoms with Gasteiger partial charge in [-0.1, -0.05) is 42.0 Å². The van der Waals surface area contributed by atoms with Gasteiger partial charge in [0.05, 0.1) is 6.42 Å². The fourth-order valence-corrected chi connectivity index (χ4v) is 2.85. The Hall–Kier alpha value is -2.46. The van der Waals surface area contributed by atoms with Crippen molar-refractivity contribution in [2.24, 2.45) is 0 Å². The smallest absolute Gasteiger partial charge is 0.261 e. The van der Waals surface area contributed by atoms with E-state index in [4.69, 9.17) is 0 Å². The van der Waals surface area contributed by atoms with E-state index in [0.29, 0.717) is 16.8 Å². The van der Waals surface area contributed by atoms with E-state index >= 15 is 0 Å². The van der Waals surface area contributed by atoms with E-state index in [1.807, 2.05) is 32.0 Å². The van der Waals surface area contributed by atoms with Gasteiger partial charge in [-0.25, -0.2) is 0 Å². The Bertz CT molecular complexity index is 782. The van der Waals surface area contributed by atoms with E-state index in [1.54, 1.807) is 24.3 Å². The minimum absolute atomic E-state index is 0.245. The van der Waals surface area contributed by atoms with Crippen molar-refractivity contribution in [1.29, 1.82) is 0 Å². The molecule has 22 heavy (non-hydrogen) atoms. The molecule has 4 nitrogen and oxygen atoms in total. The van der Waals surface area contributed by atoms with Crippen molar-refractivity contribution in [3.05, 3.63) is 64.7 Å². The molecule has 112 valence electrons. The molecule has 0 aromatic heterocycles. The summed E-state index contributed by atoms with van der Waals surface area (Å²) in [4.78, 5) is 24.7. The third kappa shape index (κ3) is 2.22. The van der Waals surface area contributed by atoms with Gasteiger partial charge in [0, 0.05) is 16.8 Å². The molecule has 0 saturated carbocycles. The van der Waals surface area contributed by atoms with Gasteiger partial charge in [-0.2, -0.15) is 0 Å². The maximum atomic E-state index is 12.5. The van der Waals surface area contributed by atoms with Gasteiger partial charge in [0.2, 0.25) is 0 Å². The summed E-state index contributed by atoms with van der Waals surface area (Å²) in [7, 11) is 0. The molecule has 1 atom stereocenters. The van der Waals surface area contributed by atoms with Crippen LogP contribution in [0.1, 0.15) is 33.5 Å². The van der Waals surface area contributed by atoms with Crippen LogP contribution in [0.15, 0.2) is 42.5 Å². The highest BCUT2D eigenvalue weighted by Gasteiger charge is 2.46. The molecule has 2 aromatic rings. The molecule has 4 heteroatoms. The van der Waals surface area contributed by atoms with Crippen LogP contribution in [-0.4, -0.2) is 16.8 Å². The second-order valence-electron chi connectivity index (χ2n) is 5.78. The van der Waals surface area contributed by atoms with Crippen molar-refractivity contribution in [2.75, 3.05) is 5.32 Å². The maximum Gasteiger partial charge on any atom is 0.261 e. The molecule has 1 amide bonds. The lowest BCUT2D eigenvalue weighted by molar-refractivity contribution is -0.133. The zero-order chi connectivity index (χ0) is 15.9. The Morgan fingerprint density at radius 2 is 1.91 bits per heavy atom. The number of anilines is 1. The number of hydrogen-bond donors (Lipinski definition) is 2. The summed E-state index contributed by atoms with van der Waals surface area (Å²) >= 11 is 0. The molecular weight excluding hydrogens is 278 g/mol. The Labute approximate surface area is 128 Å². The molecule has 2 N–H and O–H groups in total. The van der Waals surface area contributed by atoms with Crippen LogP contribution in [0, 0.1) is 13.8 Å². The lowest BCUT2D eigenvalue weighted by atomic mass is 9.86. The molecule has 0 fully saturated rings. The van der Waals surface area contributed by atoms with Crippen LogP contribution in [0.25, 0.3) is 0 Å². The van der Waals surface area contributed by atoms with Gasteiger partial charge in [0.25, 0.3) is 5.91 Å². The third-order valence-electron chi connectivity index (χ3n) is 4.11. The summed E-state index contributed by atoms with van der Waals surface area (Å²) in [5, 5.41) is 13.5. The van der Waals surface area contributed by atoms with Gasteiger partial charge in [0.15, 0.2) is 11.4 Å². The molecule has 1 aliphatic heterocycles. The van der Waals surface area contributed by atoms with Crippen molar-refractivity contribution in [2.45, 2.75) is 25.9 Å². The maximum absolute atomic E-state index is 12.5. The van der Waals surface area contributed by atoms with Crippen LogP contribution in [0.5, 0.6) is 0 Å². The number of hydrogen-bond acceptors (Lipinski definition) is 3. The number of rotatable bonds is 3. The van der Waals surface area contributed by atoms with Crippen molar-refractivity contribution < 1.29 is 14.7 Å². The number of benzene rings is 2. The van der Waals surface area contributed by atoms with Crippen LogP contribution < -0.4 is 5.32 Å². The van der Waals surface area contributed by atoms with Crippen LogP contribution in [0.2, 0.25) is 0 Å². The fourth-order valence-electron chi connectivity index (χ4n) is 2.85. The number of nitrogens with one attached hydrogen (secondary N) is 1. The fraction of sp³-hybridized carbons (Fsp3) is 0.222. The van der Waals surface area contributed by atoms with Crippen molar-refractivity contribution in [3.63, 3.8) is 0 Å². The van der Waals surface area contributed by atoms with E-state index in [9.17, 15) is 14.7 Å². The number of aryl methyl sites for hydroxylation is 2. The first-order valence-corrected chi connectivity index (χ1v) is 7.15. The molecule has 0 aliphatic carbocycles. The number of fused-ring (bicyclic) bond motifs is 1. The highest BCUT2D eigenvalue weighted by Crippen LogP contribution is 2.39. The molecule has 0 radical (unpaired) electrons. The van der Waals surface area contributed by atoms with Crippen molar-refractivity contribution >= 4 is 17.4 Å². The molecule has 1 aliphatic rings. The molecule has 0 spiro atoms. The predicted octanol–water partition coefficient (Wildman–Crippen LogP) is 2.72. The van der Waals surface area contributed by atoms with E-state index in [2.05, 4.69) is 5.32 Å². The van der Waals surface area contributed by atoms with Crippen LogP contribution in [0.4, 0.5) is 5.69 Å². The van der Waals surface area contributed by atoms with Gasteiger partial charge in [0.1, 0.15) is 0 Å². The minimum Gasteiger partial charge on any atom is -0.375 e. The second-order valence-corrected chi connectivity index (χ2v) is 5.78. The van der Waals surface area contributed by atoms with E-state index in [0.717, 1.165) is 11.1 Å². The second kappa shape index (κ2) is 5.07. The SMILES string of the molecule is Cc1ccc2c(c1)[C@@](O)(CC(=O)c1ccccc1C)C(=O)N2. The standard InChI is InChI=1S/C18H17NO3/c1-11-7-8-15-14(9-11)18(22,17(21)19-15)10-16(20)13-6-4-3-5-12(13)2/h3-9,22H,10H2,1-2H3,(H,19,21)/t18-/m0/s1. The summed E-state index contributed by atoms with van der Waals surface area (Å²) in [6.07, 6.45) is -0.264. The zero-order valence-electron chi connectivity index (χ0n) is 12.5. The van der Waals surface area contributed by atoms with Crippen LogP contribution in [0.3, 0.4) is 0 Å². The summed E-state index contributed by atoms with van der Waals surface area (Å²) in [6.45, 7) is 3.72. The minimum atomic E-state index is -1.80. The lowest BCUT2D eigenvalue weighted by Crippen LogP contribution is -2.36.